The lowest BCUT2D eigenvalue weighted by molar-refractivity contribution is -0.137. The van der Waals surface area contributed by atoms with E-state index in [2.05, 4.69) is 25.7 Å². The number of nitrogens with zero attached hydrogens (tertiary/aromatic N) is 2. The van der Waals surface area contributed by atoms with Gasteiger partial charge in [0.25, 0.3) is 11.8 Å². The topological polar surface area (TPSA) is 49.9 Å². The Kier molecular flexibility index (Phi) is 5.88. The second-order valence-electron chi connectivity index (χ2n) is 7.80. The molecule has 0 radical (unpaired) electrons. The van der Waals surface area contributed by atoms with Gasteiger partial charge in [-0.3, -0.25) is 14.5 Å². The third kappa shape index (κ3) is 3.87. The van der Waals surface area contributed by atoms with E-state index in [9.17, 15) is 9.59 Å². The van der Waals surface area contributed by atoms with Gasteiger partial charge >= 0.3 is 0 Å². The summed E-state index contributed by atoms with van der Waals surface area (Å²) in [4.78, 5) is 29.5. The first-order chi connectivity index (χ1) is 13.0. The SMILES string of the molecule is CCCOc1ccc(C2=C(N3CC(C)CC(C)C3)C(=O)N(CC)C2=O)cc1. The van der Waals surface area contributed by atoms with E-state index in [1.165, 1.54) is 4.90 Å². The standard InChI is InChI=1S/C22H30N2O3/c1-5-11-27-18-9-7-17(8-10-18)19-20(22(26)24(6-2)21(19)25)23-13-15(3)12-16(4)14-23/h7-10,15-16H,5-6,11-14H2,1-4H3. The number of likely N-dealkylation sites (tertiary alicyclic amines) is 1. The van der Waals surface area contributed by atoms with Crippen molar-refractivity contribution in [1.29, 1.82) is 0 Å². The van der Waals surface area contributed by atoms with Gasteiger partial charge in [0.05, 0.1) is 12.2 Å². The Morgan fingerprint density at radius 2 is 1.63 bits per heavy atom. The van der Waals surface area contributed by atoms with Crippen LogP contribution >= 0.6 is 0 Å². The molecule has 0 saturated carbocycles. The van der Waals surface area contributed by atoms with Crippen LogP contribution in [0.25, 0.3) is 5.57 Å². The molecule has 2 aliphatic heterocycles. The second kappa shape index (κ2) is 8.15. The number of carbonyl (C=O) groups excluding carboxylic acids is 2. The van der Waals surface area contributed by atoms with Crippen LogP contribution in [0, 0.1) is 11.8 Å². The lowest BCUT2D eigenvalue weighted by Crippen LogP contribution is -2.41. The molecule has 1 aromatic rings. The molecule has 2 atom stereocenters. The number of piperidine rings is 1. The van der Waals surface area contributed by atoms with Crippen molar-refractivity contribution >= 4 is 17.4 Å². The summed E-state index contributed by atoms with van der Waals surface area (Å²) in [6.07, 6.45) is 2.10. The lowest BCUT2D eigenvalue weighted by Gasteiger charge is -2.37. The minimum Gasteiger partial charge on any atom is -0.494 e. The van der Waals surface area contributed by atoms with Crippen LogP contribution in [0.2, 0.25) is 0 Å². The number of benzene rings is 1. The summed E-state index contributed by atoms with van der Waals surface area (Å²) in [5.74, 6) is 1.44. The largest absolute Gasteiger partial charge is 0.494 e. The molecular weight excluding hydrogens is 340 g/mol. The minimum atomic E-state index is -0.189. The summed E-state index contributed by atoms with van der Waals surface area (Å²) in [6.45, 7) is 11.0. The Labute approximate surface area is 162 Å². The molecule has 2 aliphatic rings. The van der Waals surface area contributed by atoms with Gasteiger partial charge in [0.1, 0.15) is 11.4 Å². The van der Waals surface area contributed by atoms with E-state index in [1.807, 2.05) is 31.2 Å². The Morgan fingerprint density at radius 3 is 2.19 bits per heavy atom. The molecule has 0 bridgehead atoms. The number of rotatable bonds is 6. The molecule has 0 N–H and O–H groups in total. The molecule has 1 saturated heterocycles. The van der Waals surface area contributed by atoms with Crippen molar-refractivity contribution in [2.75, 3.05) is 26.2 Å². The summed E-state index contributed by atoms with van der Waals surface area (Å²) in [7, 11) is 0. The molecule has 0 aliphatic carbocycles. The van der Waals surface area contributed by atoms with Crippen LogP contribution in [0.3, 0.4) is 0 Å². The van der Waals surface area contributed by atoms with Crippen LogP contribution in [0.1, 0.15) is 46.1 Å². The molecule has 146 valence electrons. The number of hydrogen-bond donors (Lipinski definition) is 0. The maximum atomic E-state index is 13.0. The van der Waals surface area contributed by atoms with Gasteiger partial charge < -0.3 is 9.64 Å². The molecule has 0 spiro atoms. The Morgan fingerprint density at radius 1 is 1.00 bits per heavy atom. The van der Waals surface area contributed by atoms with Gasteiger partial charge in [0, 0.05) is 19.6 Å². The van der Waals surface area contributed by atoms with Crippen LogP contribution in [0.5, 0.6) is 5.75 Å². The third-order valence-electron chi connectivity index (χ3n) is 5.26. The minimum absolute atomic E-state index is 0.162. The van der Waals surface area contributed by atoms with E-state index in [0.29, 0.717) is 36.3 Å². The molecule has 2 heterocycles. The Balaban J connectivity index is 1.99. The summed E-state index contributed by atoms with van der Waals surface area (Å²) in [5.41, 5.74) is 1.89. The van der Waals surface area contributed by atoms with Crippen LogP contribution in [-0.2, 0) is 9.59 Å². The van der Waals surface area contributed by atoms with Gasteiger partial charge in [-0.15, -0.1) is 0 Å². The molecule has 2 unspecified atom stereocenters. The Bertz CT molecular complexity index is 728. The zero-order valence-corrected chi connectivity index (χ0v) is 16.8. The maximum Gasteiger partial charge on any atom is 0.277 e. The molecular formula is C22H30N2O3. The van der Waals surface area contributed by atoms with E-state index in [1.54, 1.807) is 0 Å². The number of imide groups is 1. The van der Waals surface area contributed by atoms with Crippen molar-refractivity contribution in [1.82, 2.24) is 9.80 Å². The molecule has 1 aromatic carbocycles. The summed E-state index contributed by atoms with van der Waals surface area (Å²) >= 11 is 0. The van der Waals surface area contributed by atoms with E-state index in [-0.39, 0.29) is 11.8 Å². The van der Waals surface area contributed by atoms with Crippen LogP contribution in [-0.4, -0.2) is 47.9 Å². The average molecular weight is 370 g/mol. The van der Waals surface area contributed by atoms with Crippen LogP contribution < -0.4 is 4.74 Å². The van der Waals surface area contributed by atoms with E-state index in [4.69, 9.17) is 4.74 Å². The van der Waals surface area contributed by atoms with Crippen molar-refractivity contribution in [3.05, 3.63) is 35.5 Å². The number of hydrogen-bond acceptors (Lipinski definition) is 4. The molecule has 5 nitrogen and oxygen atoms in total. The maximum absolute atomic E-state index is 13.0. The van der Waals surface area contributed by atoms with Gasteiger partial charge in [0.2, 0.25) is 0 Å². The summed E-state index contributed by atoms with van der Waals surface area (Å²) in [5, 5.41) is 0. The molecule has 2 amide bonds. The fraction of sp³-hybridized carbons (Fsp3) is 0.545. The molecule has 5 heteroatoms. The predicted molar refractivity (Wildman–Crippen MR) is 106 cm³/mol. The number of likely N-dealkylation sites (N-methyl/N-ethyl adjacent to an activating group) is 1. The molecule has 27 heavy (non-hydrogen) atoms. The van der Waals surface area contributed by atoms with Gasteiger partial charge in [-0.05, 0) is 49.3 Å². The quantitative estimate of drug-likeness (QED) is 0.719. The third-order valence-corrected chi connectivity index (χ3v) is 5.26. The zero-order chi connectivity index (χ0) is 19.6. The van der Waals surface area contributed by atoms with E-state index < -0.39 is 0 Å². The predicted octanol–water partition coefficient (Wildman–Crippen LogP) is 3.55. The first kappa shape index (κ1) is 19.5. The first-order valence-electron chi connectivity index (χ1n) is 10.0. The van der Waals surface area contributed by atoms with Gasteiger partial charge in [0.15, 0.2) is 0 Å². The van der Waals surface area contributed by atoms with Crippen molar-refractivity contribution in [3.8, 4) is 5.75 Å². The second-order valence-corrected chi connectivity index (χ2v) is 7.80. The highest BCUT2D eigenvalue weighted by molar-refractivity contribution is 6.35. The molecule has 3 rings (SSSR count). The highest BCUT2D eigenvalue weighted by Crippen LogP contribution is 2.35. The van der Waals surface area contributed by atoms with Crippen LogP contribution in [0.4, 0.5) is 0 Å². The summed E-state index contributed by atoms with van der Waals surface area (Å²) in [6, 6.07) is 7.54. The van der Waals surface area contributed by atoms with Gasteiger partial charge in [-0.2, -0.15) is 0 Å². The van der Waals surface area contributed by atoms with E-state index >= 15 is 0 Å². The van der Waals surface area contributed by atoms with Crippen molar-refractivity contribution < 1.29 is 14.3 Å². The van der Waals surface area contributed by atoms with Crippen molar-refractivity contribution in [2.45, 2.75) is 40.5 Å². The Hall–Kier alpha value is -2.30. The number of ether oxygens (including phenoxy) is 1. The summed E-state index contributed by atoms with van der Waals surface area (Å²) < 4.78 is 5.65. The highest BCUT2D eigenvalue weighted by Gasteiger charge is 2.42. The fourth-order valence-corrected chi connectivity index (χ4v) is 4.19. The average Bonchev–Trinajstić information content (AvgIpc) is 2.89. The monoisotopic (exact) mass is 370 g/mol. The number of amides is 2. The number of carbonyl (C=O) groups is 2. The highest BCUT2D eigenvalue weighted by atomic mass is 16.5. The van der Waals surface area contributed by atoms with E-state index in [0.717, 1.165) is 37.2 Å². The molecule has 0 aromatic heterocycles. The van der Waals surface area contributed by atoms with Crippen molar-refractivity contribution in [2.24, 2.45) is 11.8 Å². The smallest absolute Gasteiger partial charge is 0.277 e. The van der Waals surface area contributed by atoms with Gasteiger partial charge in [-0.25, -0.2) is 0 Å². The zero-order valence-electron chi connectivity index (χ0n) is 16.8. The van der Waals surface area contributed by atoms with Crippen molar-refractivity contribution in [3.63, 3.8) is 0 Å². The normalized spacial score (nSPS) is 23.4. The van der Waals surface area contributed by atoms with Crippen LogP contribution in [0.15, 0.2) is 30.0 Å². The lowest BCUT2D eigenvalue weighted by atomic mass is 9.91. The first-order valence-corrected chi connectivity index (χ1v) is 10.0. The fourth-order valence-electron chi connectivity index (χ4n) is 4.19. The molecule has 1 fully saturated rings. The van der Waals surface area contributed by atoms with Gasteiger partial charge in [-0.1, -0.05) is 32.9 Å².